The van der Waals surface area contributed by atoms with E-state index in [1.165, 1.54) is 68.3 Å². The number of nitrogens with zero attached hydrogens (tertiary/aromatic N) is 3. The second-order valence-corrected chi connectivity index (χ2v) is 15.1. The predicted molar refractivity (Wildman–Crippen MR) is 159 cm³/mol. The topological polar surface area (TPSA) is 70.2 Å². The fourth-order valence-electron chi connectivity index (χ4n) is 5.98. The number of benzene rings is 2. The van der Waals surface area contributed by atoms with E-state index in [0.29, 0.717) is 28.7 Å². The first-order chi connectivity index (χ1) is 18.3. The van der Waals surface area contributed by atoms with Crippen molar-refractivity contribution in [3.05, 3.63) is 64.3 Å². The van der Waals surface area contributed by atoms with Gasteiger partial charge in [0.1, 0.15) is 12.2 Å². The lowest BCUT2D eigenvalue weighted by Crippen LogP contribution is -2.32. The standard InChI is InChI=1S/C30H37ClN5OP/c1-38(2,37)28-18-23(20-5-6-20)10-14-27(28)34-29-26(31)19-32-30(35-29)33-24-11-7-21-8-12-25(13-9-22(21)17-24)36-15-3-4-16-36/h7,10-11,14,17-20,25H,3-6,8-9,12-13,15-16H2,1-2H3,(H2,32,33,34,35). The number of nitrogens with one attached hydrogen (secondary N) is 2. The van der Waals surface area contributed by atoms with Crippen LogP contribution in [0.3, 0.4) is 0 Å². The molecule has 0 spiro atoms. The summed E-state index contributed by atoms with van der Waals surface area (Å²) >= 11 is 6.50. The van der Waals surface area contributed by atoms with Gasteiger partial charge in [-0.05, 0) is 125 Å². The Labute approximate surface area is 231 Å². The molecule has 200 valence electrons. The molecule has 6 nitrogen and oxygen atoms in total. The Morgan fingerprint density at radius 1 is 0.947 bits per heavy atom. The minimum atomic E-state index is -2.51. The summed E-state index contributed by atoms with van der Waals surface area (Å²) in [5.74, 6) is 1.58. The number of halogens is 1. The minimum absolute atomic E-state index is 0.421. The highest BCUT2D eigenvalue weighted by atomic mass is 35.5. The molecule has 1 unspecified atom stereocenters. The van der Waals surface area contributed by atoms with Gasteiger partial charge in [0, 0.05) is 17.0 Å². The number of anilines is 4. The lowest BCUT2D eigenvalue weighted by Gasteiger charge is -2.25. The first kappa shape index (κ1) is 25.9. The summed E-state index contributed by atoms with van der Waals surface area (Å²) < 4.78 is 13.1. The Kier molecular flexibility index (Phi) is 7.24. The van der Waals surface area contributed by atoms with Crippen LogP contribution in [0.2, 0.25) is 5.02 Å². The summed E-state index contributed by atoms with van der Waals surface area (Å²) in [4.78, 5) is 11.8. The monoisotopic (exact) mass is 549 g/mol. The van der Waals surface area contributed by atoms with Crippen LogP contribution in [0.15, 0.2) is 42.6 Å². The number of aryl methyl sites for hydroxylation is 2. The smallest absolute Gasteiger partial charge is 0.229 e. The van der Waals surface area contributed by atoms with E-state index in [1.807, 2.05) is 19.4 Å². The Hall–Kier alpha value is -2.40. The zero-order valence-electron chi connectivity index (χ0n) is 22.3. The largest absolute Gasteiger partial charge is 0.338 e. The normalized spacial score (nSPS) is 20.1. The van der Waals surface area contributed by atoms with Crippen LogP contribution in [-0.4, -0.2) is 47.3 Å². The van der Waals surface area contributed by atoms with E-state index >= 15 is 0 Å². The van der Waals surface area contributed by atoms with Crippen LogP contribution >= 0.6 is 18.7 Å². The molecule has 2 N–H and O–H groups in total. The van der Waals surface area contributed by atoms with Crippen molar-refractivity contribution in [2.24, 2.45) is 0 Å². The summed E-state index contributed by atoms with van der Waals surface area (Å²) in [6.07, 6.45) is 11.4. The number of rotatable bonds is 7. The lowest BCUT2D eigenvalue weighted by molar-refractivity contribution is 0.222. The molecule has 38 heavy (non-hydrogen) atoms. The zero-order valence-corrected chi connectivity index (χ0v) is 24.0. The average Bonchev–Trinajstić information content (AvgIpc) is 3.65. The fraction of sp³-hybridized carbons (Fsp3) is 0.467. The van der Waals surface area contributed by atoms with E-state index in [9.17, 15) is 4.57 Å². The van der Waals surface area contributed by atoms with Crippen molar-refractivity contribution in [1.29, 1.82) is 0 Å². The highest BCUT2D eigenvalue weighted by Crippen LogP contribution is 2.44. The summed E-state index contributed by atoms with van der Waals surface area (Å²) in [6, 6.07) is 13.6. The number of fused-ring (bicyclic) bond motifs is 1. The van der Waals surface area contributed by atoms with Crippen LogP contribution in [0.5, 0.6) is 0 Å². The first-order valence-corrected chi connectivity index (χ1v) is 16.9. The lowest BCUT2D eigenvalue weighted by atomic mass is 10.0. The number of hydrogen-bond acceptors (Lipinski definition) is 6. The van der Waals surface area contributed by atoms with Gasteiger partial charge in [0.25, 0.3) is 0 Å². The average molecular weight is 550 g/mol. The third-order valence-electron chi connectivity index (χ3n) is 8.26. The van der Waals surface area contributed by atoms with E-state index < -0.39 is 7.14 Å². The number of aromatic nitrogens is 2. The van der Waals surface area contributed by atoms with Crippen LogP contribution in [0.1, 0.15) is 61.1 Å². The molecule has 2 heterocycles. The second kappa shape index (κ2) is 10.6. The molecule has 2 aliphatic carbocycles. The van der Waals surface area contributed by atoms with Gasteiger partial charge < -0.3 is 20.1 Å². The predicted octanol–water partition coefficient (Wildman–Crippen LogP) is 7.09. The van der Waals surface area contributed by atoms with E-state index in [2.05, 4.69) is 55.8 Å². The zero-order chi connectivity index (χ0) is 26.3. The van der Waals surface area contributed by atoms with Crippen LogP contribution in [0.25, 0.3) is 0 Å². The Morgan fingerprint density at radius 2 is 1.71 bits per heavy atom. The van der Waals surface area contributed by atoms with Crippen molar-refractivity contribution < 1.29 is 4.57 Å². The molecule has 1 aliphatic heterocycles. The van der Waals surface area contributed by atoms with Crippen LogP contribution < -0.4 is 15.9 Å². The molecular weight excluding hydrogens is 513 g/mol. The van der Waals surface area contributed by atoms with Gasteiger partial charge in [0.05, 0.1) is 11.9 Å². The minimum Gasteiger partial charge on any atom is -0.338 e. The van der Waals surface area contributed by atoms with Gasteiger partial charge in [0.2, 0.25) is 5.95 Å². The molecule has 1 atom stereocenters. The summed E-state index contributed by atoms with van der Waals surface area (Å²) in [5.41, 5.74) is 5.92. The highest BCUT2D eigenvalue weighted by molar-refractivity contribution is 7.70. The Bertz CT molecular complexity index is 1380. The van der Waals surface area contributed by atoms with Crippen molar-refractivity contribution >= 4 is 47.2 Å². The third-order valence-corrected chi connectivity index (χ3v) is 10.1. The molecule has 1 saturated heterocycles. The second-order valence-electron chi connectivity index (χ2n) is 11.5. The van der Waals surface area contributed by atoms with Crippen molar-refractivity contribution in [1.82, 2.24) is 14.9 Å². The van der Waals surface area contributed by atoms with E-state index in [0.717, 1.165) is 29.5 Å². The van der Waals surface area contributed by atoms with Crippen molar-refractivity contribution in [2.45, 2.75) is 63.3 Å². The molecule has 6 rings (SSSR count). The Morgan fingerprint density at radius 3 is 2.45 bits per heavy atom. The molecule has 1 aromatic heterocycles. The van der Waals surface area contributed by atoms with E-state index in [1.54, 1.807) is 6.20 Å². The van der Waals surface area contributed by atoms with E-state index in [4.69, 9.17) is 11.6 Å². The first-order valence-electron chi connectivity index (χ1n) is 14.0. The molecule has 1 saturated carbocycles. The van der Waals surface area contributed by atoms with Crippen molar-refractivity contribution in [3.63, 3.8) is 0 Å². The molecule has 2 aromatic carbocycles. The molecule has 8 heteroatoms. The van der Waals surface area contributed by atoms with Crippen molar-refractivity contribution in [3.8, 4) is 0 Å². The maximum atomic E-state index is 13.1. The number of likely N-dealkylation sites (tertiary alicyclic amines) is 1. The molecule has 2 fully saturated rings. The highest BCUT2D eigenvalue weighted by Gasteiger charge is 2.27. The molecule has 3 aliphatic rings. The maximum absolute atomic E-state index is 13.1. The third kappa shape index (κ3) is 5.78. The SMILES string of the molecule is CP(C)(=O)c1cc(C2CC2)ccc1Nc1nc(Nc2ccc3c(c2)CCC(N2CCCC2)CC3)ncc1Cl. The van der Waals surface area contributed by atoms with Crippen LogP contribution in [0.4, 0.5) is 23.1 Å². The van der Waals surface area contributed by atoms with Gasteiger partial charge in [-0.3, -0.25) is 0 Å². The van der Waals surface area contributed by atoms with E-state index in [-0.39, 0.29) is 0 Å². The quantitative estimate of drug-likeness (QED) is 0.242. The maximum Gasteiger partial charge on any atom is 0.229 e. The molecule has 0 amide bonds. The van der Waals surface area contributed by atoms with Crippen molar-refractivity contribution in [2.75, 3.05) is 37.1 Å². The van der Waals surface area contributed by atoms with Crippen LogP contribution in [-0.2, 0) is 17.4 Å². The fourth-order valence-corrected chi connectivity index (χ4v) is 7.29. The summed E-state index contributed by atoms with van der Waals surface area (Å²) in [6.45, 7) is 6.14. The van der Waals surface area contributed by atoms with Crippen LogP contribution in [0, 0.1) is 0 Å². The van der Waals surface area contributed by atoms with Gasteiger partial charge in [-0.15, -0.1) is 0 Å². The molecular formula is C30H37ClN5OP. The van der Waals surface area contributed by atoms with Gasteiger partial charge >= 0.3 is 0 Å². The number of hydrogen-bond donors (Lipinski definition) is 2. The summed E-state index contributed by atoms with van der Waals surface area (Å²) in [5, 5.41) is 7.99. The van der Waals surface area contributed by atoms with Gasteiger partial charge in [-0.2, -0.15) is 4.98 Å². The molecule has 0 radical (unpaired) electrons. The molecule has 3 aromatic rings. The Balaban J connectivity index is 1.20. The van der Waals surface area contributed by atoms with Gasteiger partial charge in [0.15, 0.2) is 5.82 Å². The molecule has 0 bridgehead atoms. The van der Waals surface area contributed by atoms with Gasteiger partial charge in [-0.1, -0.05) is 23.7 Å². The summed E-state index contributed by atoms with van der Waals surface area (Å²) in [7, 11) is -2.51. The van der Waals surface area contributed by atoms with Gasteiger partial charge in [-0.25, -0.2) is 4.98 Å².